The van der Waals surface area contributed by atoms with Crippen LogP contribution in [0.15, 0.2) is 12.4 Å². The lowest BCUT2D eigenvalue weighted by atomic mass is 10.4. The van der Waals surface area contributed by atoms with Crippen LogP contribution in [0.5, 0.6) is 0 Å². The average molecular weight is 261 g/mol. The second-order valence-electron chi connectivity index (χ2n) is 4.03. The molecule has 19 heavy (non-hydrogen) atoms. The number of anilines is 2. The maximum atomic E-state index is 5.78. The van der Waals surface area contributed by atoms with Gasteiger partial charge in [0.1, 0.15) is 5.82 Å². The van der Waals surface area contributed by atoms with Gasteiger partial charge >= 0.3 is 0 Å². The number of aromatic nitrogens is 5. The molecular weight excluding hydrogens is 242 g/mol. The molecule has 102 valence electrons. The number of aryl methyl sites for hydroxylation is 1. The summed E-state index contributed by atoms with van der Waals surface area (Å²) in [5, 5.41) is 0. The summed E-state index contributed by atoms with van der Waals surface area (Å²) in [5.41, 5.74) is 5.78. The standard InChI is InChI=1S/C12H19N7/c1-4-9-14-7-8-19(9)12-16-10(13)15-11(17-12)18(5-2)6-3/h7-8H,4-6H2,1-3H3,(H2,13,15,16,17). The van der Waals surface area contributed by atoms with Gasteiger partial charge in [0, 0.05) is 31.9 Å². The van der Waals surface area contributed by atoms with Crippen molar-refractivity contribution >= 4 is 11.9 Å². The first-order valence-electron chi connectivity index (χ1n) is 6.48. The molecule has 2 N–H and O–H groups in total. The van der Waals surface area contributed by atoms with Gasteiger partial charge in [0.25, 0.3) is 0 Å². The van der Waals surface area contributed by atoms with Gasteiger partial charge in [-0.3, -0.25) is 4.57 Å². The van der Waals surface area contributed by atoms with Crippen molar-refractivity contribution in [2.45, 2.75) is 27.2 Å². The van der Waals surface area contributed by atoms with Crippen LogP contribution in [-0.2, 0) is 6.42 Å². The molecule has 0 bridgehead atoms. The summed E-state index contributed by atoms with van der Waals surface area (Å²) >= 11 is 0. The Balaban J connectivity index is 2.47. The smallest absolute Gasteiger partial charge is 0.241 e. The van der Waals surface area contributed by atoms with E-state index in [-0.39, 0.29) is 5.95 Å². The van der Waals surface area contributed by atoms with E-state index in [9.17, 15) is 0 Å². The average Bonchev–Trinajstić information content (AvgIpc) is 2.88. The second kappa shape index (κ2) is 5.64. The number of nitrogens with two attached hydrogens (primary N) is 1. The number of rotatable bonds is 5. The number of hydrogen-bond donors (Lipinski definition) is 1. The third kappa shape index (κ3) is 2.64. The van der Waals surface area contributed by atoms with E-state index in [1.54, 1.807) is 6.20 Å². The first-order valence-corrected chi connectivity index (χ1v) is 6.48. The Labute approximate surface area is 112 Å². The molecule has 2 rings (SSSR count). The molecule has 0 fully saturated rings. The minimum Gasteiger partial charge on any atom is -0.368 e. The highest BCUT2D eigenvalue weighted by Gasteiger charge is 2.12. The highest BCUT2D eigenvalue weighted by Crippen LogP contribution is 2.13. The number of hydrogen-bond acceptors (Lipinski definition) is 6. The lowest BCUT2D eigenvalue weighted by molar-refractivity contribution is 0.781. The topological polar surface area (TPSA) is 85.8 Å². The van der Waals surface area contributed by atoms with Crippen molar-refractivity contribution in [3.05, 3.63) is 18.2 Å². The fourth-order valence-electron chi connectivity index (χ4n) is 1.90. The summed E-state index contributed by atoms with van der Waals surface area (Å²) in [7, 11) is 0. The normalized spacial score (nSPS) is 10.7. The van der Waals surface area contributed by atoms with Gasteiger partial charge in [0.05, 0.1) is 0 Å². The lowest BCUT2D eigenvalue weighted by Crippen LogP contribution is -2.25. The zero-order valence-corrected chi connectivity index (χ0v) is 11.5. The molecule has 7 heteroatoms. The van der Waals surface area contributed by atoms with Gasteiger partial charge in [-0.1, -0.05) is 6.92 Å². The Hall–Kier alpha value is -2.18. The maximum absolute atomic E-state index is 5.78. The third-order valence-corrected chi connectivity index (χ3v) is 2.92. The summed E-state index contributed by atoms with van der Waals surface area (Å²) < 4.78 is 1.84. The third-order valence-electron chi connectivity index (χ3n) is 2.92. The molecule has 0 aliphatic heterocycles. The van der Waals surface area contributed by atoms with E-state index in [1.807, 2.05) is 22.6 Å². The van der Waals surface area contributed by atoms with E-state index in [1.165, 1.54) is 0 Å². The Morgan fingerprint density at radius 3 is 2.53 bits per heavy atom. The molecule has 7 nitrogen and oxygen atoms in total. The molecule has 0 radical (unpaired) electrons. The van der Waals surface area contributed by atoms with Crippen LogP contribution in [0, 0.1) is 0 Å². The van der Waals surface area contributed by atoms with Crippen molar-refractivity contribution < 1.29 is 0 Å². The molecule has 0 aliphatic rings. The Morgan fingerprint density at radius 1 is 1.16 bits per heavy atom. The monoisotopic (exact) mass is 261 g/mol. The van der Waals surface area contributed by atoms with Crippen molar-refractivity contribution in [1.29, 1.82) is 0 Å². The lowest BCUT2D eigenvalue weighted by Gasteiger charge is -2.19. The van der Waals surface area contributed by atoms with Crippen molar-refractivity contribution in [2.75, 3.05) is 23.7 Å². The number of imidazole rings is 1. The van der Waals surface area contributed by atoms with Gasteiger partial charge in [-0.2, -0.15) is 15.0 Å². The summed E-state index contributed by atoms with van der Waals surface area (Å²) in [6.45, 7) is 7.79. The summed E-state index contributed by atoms with van der Waals surface area (Å²) in [6.07, 6.45) is 4.37. The molecular formula is C12H19N7. The fraction of sp³-hybridized carbons (Fsp3) is 0.500. The molecule has 2 aromatic rings. The van der Waals surface area contributed by atoms with Crippen LogP contribution in [0.25, 0.3) is 5.95 Å². The highest BCUT2D eigenvalue weighted by atomic mass is 15.3. The van der Waals surface area contributed by atoms with Gasteiger partial charge in [0.2, 0.25) is 17.8 Å². The van der Waals surface area contributed by atoms with Gasteiger partial charge in [-0.25, -0.2) is 4.98 Å². The van der Waals surface area contributed by atoms with Crippen molar-refractivity contribution in [3.63, 3.8) is 0 Å². The fourth-order valence-corrected chi connectivity index (χ4v) is 1.90. The first kappa shape index (κ1) is 13.3. The van der Waals surface area contributed by atoms with Crippen LogP contribution >= 0.6 is 0 Å². The van der Waals surface area contributed by atoms with Crippen LogP contribution in [0.3, 0.4) is 0 Å². The van der Waals surface area contributed by atoms with Crippen molar-refractivity contribution in [2.24, 2.45) is 0 Å². The molecule has 0 aliphatic carbocycles. The quantitative estimate of drug-likeness (QED) is 0.865. The van der Waals surface area contributed by atoms with E-state index in [0.717, 1.165) is 25.3 Å². The molecule has 2 aromatic heterocycles. The van der Waals surface area contributed by atoms with Crippen LogP contribution < -0.4 is 10.6 Å². The van der Waals surface area contributed by atoms with Gasteiger partial charge < -0.3 is 10.6 Å². The van der Waals surface area contributed by atoms with Crippen molar-refractivity contribution in [3.8, 4) is 5.95 Å². The minimum atomic E-state index is 0.225. The molecule has 0 amide bonds. The maximum Gasteiger partial charge on any atom is 0.241 e. The second-order valence-corrected chi connectivity index (χ2v) is 4.03. The zero-order chi connectivity index (χ0) is 13.8. The van der Waals surface area contributed by atoms with Crippen LogP contribution in [0.2, 0.25) is 0 Å². The predicted octanol–water partition coefficient (Wildman–Crippen LogP) is 1.05. The van der Waals surface area contributed by atoms with E-state index in [2.05, 4.69) is 33.8 Å². The summed E-state index contributed by atoms with van der Waals surface area (Å²) in [4.78, 5) is 19.1. The predicted molar refractivity (Wildman–Crippen MR) is 74.3 cm³/mol. The summed E-state index contributed by atoms with van der Waals surface area (Å²) in [5.74, 6) is 2.24. The zero-order valence-electron chi connectivity index (χ0n) is 11.5. The summed E-state index contributed by atoms with van der Waals surface area (Å²) in [6, 6.07) is 0. The highest BCUT2D eigenvalue weighted by molar-refractivity contribution is 5.38. The van der Waals surface area contributed by atoms with E-state index in [4.69, 9.17) is 5.73 Å². The van der Waals surface area contributed by atoms with E-state index in [0.29, 0.717) is 11.9 Å². The molecule has 0 atom stereocenters. The Kier molecular flexibility index (Phi) is 3.94. The van der Waals surface area contributed by atoms with Gasteiger partial charge in [-0.15, -0.1) is 0 Å². The Bertz CT molecular complexity index is 545. The molecule has 0 saturated carbocycles. The largest absolute Gasteiger partial charge is 0.368 e. The van der Waals surface area contributed by atoms with Gasteiger partial charge in [-0.05, 0) is 13.8 Å². The molecule has 0 aromatic carbocycles. The number of nitrogen functional groups attached to an aromatic ring is 1. The Morgan fingerprint density at radius 2 is 1.89 bits per heavy atom. The van der Waals surface area contributed by atoms with Gasteiger partial charge in [0.15, 0.2) is 0 Å². The van der Waals surface area contributed by atoms with E-state index >= 15 is 0 Å². The SMILES string of the molecule is CCc1nccn1-c1nc(N)nc(N(CC)CC)n1. The van der Waals surface area contributed by atoms with Crippen LogP contribution in [0.1, 0.15) is 26.6 Å². The first-order chi connectivity index (χ1) is 9.19. The molecule has 0 unspecified atom stereocenters. The molecule has 0 spiro atoms. The molecule has 2 heterocycles. The minimum absolute atomic E-state index is 0.225. The van der Waals surface area contributed by atoms with Crippen LogP contribution in [-0.4, -0.2) is 37.6 Å². The molecule has 0 saturated heterocycles. The van der Waals surface area contributed by atoms with Crippen LogP contribution in [0.4, 0.5) is 11.9 Å². The van der Waals surface area contributed by atoms with E-state index < -0.39 is 0 Å². The number of nitrogens with zero attached hydrogens (tertiary/aromatic N) is 6. The van der Waals surface area contributed by atoms with Crippen molar-refractivity contribution in [1.82, 2.24) is 24.5 Å².